The van der Waals surface area contributed by atoms with E-state index >= 15 is 0 Å². The molecule has 2 heterocycles. The molecule has 2 aromatic carbocycles. The van der Waals surface area contributed by atoms with Crippen LogP contribution in [-0.4, -0.2) is 41.0 Å². The Morgan fingerprint density at radius 2 is 1.63 bits per heavy atom. The summed E-state index contributed by atoms with van der Waals surface area (Å²) >= 11 is 7.86. The normalized spacial score (nSPS) is 17.1. The minimum Gasteiger partial charge on any atom is -0.295 e. The Balaban J connectivity index is 1.49. The quantitative estimate of drug-likeness (QED) is 0.603. The third-order valence-electron chi connectivity index (χ3n) is 5.13. The lowest BCUT2D eigenvalue weighted by atomic mass is 9.96. The molecular formula is C22H24ClN3S. The van der Waals surface area contributed by atoms with Crippen LogP contribution >= 0.6 is 22.9 Å². The molecule has 140 valence electrons. The number of thiazole rings is 1. The Morgan fingerprint density at radius 3 is 2.26 bits per heavy atom. The van der Waals surface area contributed by atoms with Gasteiger partial charge in [0.2, 0.25) is 0 Å². The maximum absolute atomic E-state index is 6.12. The Bertz CT molecular complexity index is 855. The molecule has 3 nitrogen and oxygen atoms in total. The monoisotopic (exact) mass is 397 g/mol. The van der Waals surface area contributed by atoms with Gasteiger partial charge in [0, 0.05) is 43.1 Å². The van der Waals surface area contributed by atoms with E-state index in [1.165, 1.54) is 16.8 Å². The number of nitrogens with zero attached hydrogens (tertiary/aromatic N) is 3. The lowest BCUT2D eigenvalue weighted by molar-refractivity contribution is 0.104. The second-order valence-electron chi connectivity index (χ2n) is 7.03. The molecule has 0 spiro atoms. The van der Waals surface area contributed by atoms with Gasteiger partial charge >= 0.3 is 0 Å². The fourth-order valence-electron chi connectivity index (χ4n) is 3.78. The number of hydrogen-bond donors (Lipinski definition) is 0. The molecule has 4 rings (SSSR count). The van der Waals surface area contributed by atoms with Crippen molar-refractivity contribution in [3.63, 3.8) is 0 Å². The smallest absolute Gasteiger partial charge is 0.0897 e. The van der Waals surface area contributed by atoms with Crippen molar-refractivity contribution >= 4 is 22.9 Å². The largest absolute Gasteiger partial charge is 0.295 e. The maximum atomic E-state index is 6.12. The number of hydrogen-bond acceptors (Lipinski definition) is 4. The number of halogens is 1. The van der Waals surface area contributed by atoms with Gasteiger partial charge in [0.1, 0.15) is 0 Å². The van der Waals surface area contributed by atoms with E-state index in [2.05, 4.69) is 69.6 Å². The van der Waals surface area contributed by atoms with Crippen molar-refractivity contribution in [2.24, 2.45) is 0 Å². The van der Waals surface area contributed by atoms with Crippen LogP contribution in [0, 0.1) is 6.92 Å². The van der Waals surface area contributed by atoms with Crippen LogP contribution in [0.5, 0.6) is 0 Å². The highest BCUT2D eigenvalue weighted by Gasteiger charge is 2.26. The van der Waals surface area contributed by atoms with Crippen LogP contribution in [0.15, 0.2) is 60.0 Å². The van der Waals surface area contributed by atoms with Crippen molar-refractivity contribution in [2.45, 2.75) is 19.5 Å². The third-order valence-corrected chi connectivity index (χ3v) is 6.20. The van der Waals surface area contributed by atoms with Gasteiger partial charge in [0.05, 0.1) is 16.7 Å². The van der Waals surface area contributed by atoms with E-state index in [0.29, 0.717) is 0 Å². The van der Waals surface area contributed by atoms with E-state index in [-0.39, 0.29) is 6.04 Å². The van der Waals surface area contributed by atoms with Gasteiger partial charge in [0.25, 0.3) is 0 Å². The van der Waals surface area contributed by atoms with Gasteiger partial charge in [-0.25, -0.2) is 4.98 Å². The number of rotatable bonds is 5. The van der Waals surface area contributed by atoms with Gasteiger partial charge in [-0.05, 0) is 30.2 Å². The highest BCUT2D eigenvalue weighted by atomic mass is 35.5. The number of piperazine rings is 1. The first-order valence-electron chi connectivity index (χ1n) is 9.37. The summed E-state index contributed by atoms with van der Waals surface area (Å²) in [6.07, 6.45) is 0. The van der Waals surface area contributed by atoms with Gasteiger partial charge in [-0.3, -0.25) is 9.80 Å². The average Bonchev–Trinajstić information content (AvgIpc) is 3.10. The second-order valence-corrected chi connectivity index (χ2v) is 8.53. The second kappa shape index (κ2) is 8.53. The van der Waals surface area contributed by atoms with Gasteiger partial charge in [-0.1, -0.05) is 54.1 Å². The zero-order chi connectivity index (χ0) is 18.6. The zero-order valence-electron chi connectivity index (χ0n) is 15.5. The summed E-state index contributed by atoms with van der Waals surface area (Å²) in [5.74, 6) is 0. The Labute approximate surface area is 170 Å². The van der Waals surface area contributed by atoms with Crippen LogP contribution in [0.3, 0.4) is 0 Å². The summed E-state index contributed by atoms with van der Waals surface area (Å²) in [6, 6.07) is 19.4. The van der Waals surface area contributed by atoms with Crippen LogP contribution in [0.1, 0.15) is 27.9 Å². The van der Waals surface area contributed by atoms with E-state index in [1.807, 2.05) is 12.1 Å². The maximum Gasteiger partial charge on any atom is 0.0897 e. The molecule has 1 atom stereocenters. The molecule has 5 heteroatoms. The van der Waals surface area contributed by atoms with Gasteiger partial charge in [0.15, 0.2) is 0 Å². The first-order chi connectivity index (χ1) is 13.2. The molecule has 0 bridgehead atoms. The van der Waals surface area contributed by atoms with Crippen molar-refractivity contribution in [1.29, 1.82) is 0 Å². The highest BCUT2D eigenvalue weighted by Crippen LogP contribution is 2.30. The summed E-state index contributed by atoms with van der Waals surface area (Å²) in [4.78, 5) is 9.71. The van der Waals surface area contributed by atoms with Crippen LogP contribution < -0.4 is 0 Å². The SMILES string of the molecule is Cc1nc(CN2CCN(C(c3ccccc3)c3ccc(Cl)cc3)CC2)cs1. The van der Waals surface area contributed by atoms with Crippen molar-refractivity contribution in [1.82, 2.24) is 14.8 Å². The number of aryl methyl sites for hydroxylation is 1. The van der Waals surface area contributed by atoms with Crippen LogP contribution in [0.25, 0.3) is 0 Å². The van der Waals surface area contributed by atoms with Gasteiger partial charge in [-0.2, -0.15) is 0 Å². The molecule has 0 aliphatic carbocycles. The van der Waals surface area contributed by atoms with Crippen LogP contribution in [-0.2, 0) is 6.54 Å². The Hall–Kier alpha value is -1.72. The van der Waals surface area contributed by atoms with Gasteiger partial charge in [-0.15, -0.1) is 11.3 Å². The van der Waals surface area contributed by atoms with Crippen molar-refractivity contribution in [2.75, 3.05) is 26.2 Å². The first-order valence-corrected chi connectivity index (χ1v) is 10.6. The minimum absolute atomic E-state index is 0.270. The Kier molecular flexibility index (Phi) is 5.89. The van der Waals surface area contributed by atoms with E-state index in [1.54, 1.807) is 11.3 Å². The van der Waals surface area contributed by atoms with Crippen molar-refractivity contribution in [3.05, 3.63) is 86.8 Å². The molecule has 1 unspecified atom stereocenters. The summed E-state index contributed by atoms with van der Waals surface area (Å²) in [5.41, 5.74) is 3.83. The van der Waals surface area contributed by atoms with Crippen LogP contribution in [0.4, 0.5) is 0 Å². The van der Waals surface area contributed by atoms with Crippen molar-refractivity contribution < 1.29 is 0 Å². The molecule has 1 aromatic heterocycles. The molecule has 1 aliphatic heterocycles. The minimum atomic E-state index is 0.270. The van der Waals surface area contributed by atoms with E-state index < -0.39 is 0 Å². The molecule has 0 radical (unpaired) electrons. The lowest BCUT2D eigenvalue weighted by Crippen LogP contribution is -2.47. The standard InChI is InChI=1S/C22H24ClN3S/c1-17-24-21(16-27-17)15-25-11-13-26(14-12-25)22(18-5-3-2-4-6-18)19-7-9-20(23)10-8-19/h2-10,16,22H,11-15H2,1H3. The summed E-state index contributed by atoms with van der Waals surface area (Å²) in [5, 5.41) is 4.12. The van der Waals surface area contributed by atoms with Crippen LogP contribution in [0.2, 0.25) is 5.02 Å². The predicted molar refractivity (Wildman–Crippen MR) is 113 cm³/mol. The molecule has 3 aromatic rings. The van der Waals surface area contributed by atoms with Crippen molar-refractivity contribution in [3.8, 4) is 0 Å². The predicted octanol–water partition coefficient (Wildman–Crippen LogP) is 5.01. The molecule has 1 aliphatic rings. The van der Waals surface area contributed by atoms with E-state index in [0.717, 1.165) is 42.8 Å². The highest BCUT2D eigenvalue weighted by molar-refractivity contribution is 7.09. The zero-order valence-corrected chi connectivity index (χ0v) is 17.1. The Morgan fingerprint density at radius 1 is 0.963 bits per heavy atom. The van der Waals surface area contributed by atoms with E-state index in [4.69, 9.17) is 11.6 Å². The molecule has 1 fully saturated rings. The number of benzene rings is 2. The molecule has 0 N–H and O–H groups in total. The number of aromatic nitrogens is 1. The molecule has 0 saturated carbocycles. The molecular weight excluding hydrogens is 374 g/mol. The fourth-order valence-corrected chi connectivity index (χ4v) is 4.51. The van der Waals surface area contributed by atoms with Gasteiger partial charge < -0.3 is 0 Å². The molecule has 1 saturated heterocycles. The molecule has 27 heavy (non-hydrogen) atoms. The third kappa shape index (κ3) is 4.58. The van der Waals surface area contributed by atoms with E-state index in [9.17, 15) is 0 Å². The summed E-state index contributed by atoms with van der Waals surface area (Å²) < 4.78 is 0. The topological polar surface area (TPSA) is 19.4 Å². The molecule has 0 amide bonds. The first kappa shape index (κ1) is 18.6. The summed E-state index contributed by atoms with van der Waals surface area (Å²) in [6.45, 7) is 7.25. The average molecular weight is 398 g/mol. The lowest BCUT2D eigenvalue weighted by Gasteiger charge is -2.39. The fraction of sp³-hybridized carbons (Fsp3) is 0.318. The summed E-state index contributed by atoms with van der Waals surface area (Å²) in [7, 11) is 0.